The average Bonchev–Trinajstić information content (AvgIpc) is 2.72. The molecule has 2 aromatic rings. The lowest BCUT2D eigenvalue weighted by Gasteiger charge is -2.31. The minimum atomic E-state index is -0.606. The van der Waals surface area contributed by atoms with Crippen molar-refractivity contribution in [3.63, 3.8) is 0 Å². The molecule has 0 spiro atoms. The average molecular weight is 445 g/mol. The second kappa shape index (κ2) is 11.8. The molecule has 168 valence electrons. The molecule has 0 aromatic heterocycles. The van der Waals surface area contributed by atoms with Crippen molar-refractivity contribution in [2.24, 2.45) is 5.92 Å². The maximum Gasteiger partial charge on any atom is 0.261 e. The molecule has 6 heteroatoms. The van der Waals surface area contributed by atoms with E-state index >= 15 is 0 Å². The van der Waals surface area contributed by atoms with Crippen LogP contribution in [0, 0.1) is 19.8 Å². The van der Waals surface area contributed by atoms with E-state index in [9.17, 15) is 9.59 Å². The third-order valence-corrected chi connectivity index (χ3v) is 5.42. The Balaban J connectivity index is 2.23. The molecule has 5 nitrogen and oxygen atoms in total. The fourth-order valence-electron chi connectivity index (χ4n) is 3.34. The van der Waals surface area contributed by atoms with Gasteiger partial charge in [-0.3, -0.25) is 9.59 Å². The Hall–Kier alpha value is -2.53. The number of ether oxygens (including phenoxy) is 1. The van der Waals surface area contributed by atoms with Gasteiger partial charge in [-0.25, -0.2) is 0 Å². The summed E-state index contributed by atoms with van der Waals surface area (Å²) in [5.41, 5.74) is 2.88. The summed E-state index contributed by atoms with van der Waals surface area (Å²) in [5.74, 6) is 0.561. The highest BCUT2D eigenvalue weighted by molar-refractivity contribution is 6.31. The molecule has 0 radical (unpaired) electrons. The Morgan fingerprint density at radius 1 is 1.13 bits per heavy atom. The Kier molecular flexibility index (Phi) is 9.38. The second-order valence-electron chi connectivity index (χ2n) is 8.23. The second-order valence-corrected chi connectivity index (χ2v) is 8.64. The van der Waals surface area contributed by atoms with E-state index in [0.29, 0.717) is 29.7 Å². The van der Waals surface area contributed by atoms with Gasteiger partial charge in [0.1, 0.15) is 11.8 Å². The molecule has 0 aliphatic carbocycles. The molecule has 0 unspecified atom stereocenters. The molecule has 0 aliphatic heterocycles. The van der Waals surface area contributed by atoms with Crippen molar-refractivity contribution >= 4 is 23.4 Å². The summed E-state index contributed by atoms with van der Waals surface area (Å²) in [5, 5.41) is 3.51. The molecular formula is C25H33ClN2O3. The number of amides is 2. The van der Waals surface area contributed by atoms with Gasteiger partial charge in [0.2, 0.25) is 5.91 Å². The molecule has 1 atom stereocenters. The highest BCUT2D eigenvalue weighted by Crippen LogP contribution is 2.21. The molecular weight excluding hydrogens is 412 g/mol. The molecule has 0 saturated heterocycles. The zero-order chi connectivity index (χ0) is 23.0. The van der Waals surface area contributed by atoms with Crippen LogP contribution >= 0.6 is 11.6 Å². The lowest BCUT2D eigenvalue weighted by atomic mass is 10.1. The highest BCUT2D eigenvalue weighted by atomic mass is 35.5. The van der Waals surface area contributed by atoms with Crippen molar-refractivity contribution in [2.75, 3.05) is 13.2 Å². The number of aryl methyl sites for hydroxylation is 2. The summed E-state index contributed by atoms with van der Waals surface area (Å²) in [7, 11) is 0. The maximum atomic E-state index is 13.2. The van der Waals surface area contributed by atoms with Gasteiger partial charge in [-0.05, 0) is 49.4 Å². The van der Waals surface area contributed by atoms with Gasteiger partial charge >= 0.3 is 0 Å². The van der Waals surface area contributed by atoms with E-state index in [0.717, 1.165) is 16.7 Å². The first-order valence-electron chi connectivity index (χ1n) is 10.7. The van der Waals surface area contributed by atoms with Crippen molar-refractivity contribution in [2.45, 2.75) is 53.6 Å². The minimum absolute atomic E-state index is 0.150. The van der Waals surface area contributed by atoms with Crippen LogP contribution in [0.1, 0.15) is 43.9 Å². The number of rotatable bonds is 10. The zero-order valence-corrected chi connectivity index (χ0v) is 19.8. The van der Waals surface area contributed by atoms with Crippen LogP contribution in [0.2, 0.25) is 5.02 Å². The van der Waals surface area contributed by atoms with Crippen molar-refractivity contribution in [3.8, 4) is 5.75 Å². The number of nitrogens with one attached hydrogen (secondary N) is 1. The van der Waals surface area contributed by atoms with E-state index in [1.807, 2.05) is 71.0 Å². The van der Waals surface area contributed by atoms with Gasteiger partial charge in [-0.2, -0.15) is 0 Å². The van der Waals surface area contributed by atoms with E-state index in [2.05, 4.69) is 5.32 Å². The monoisotopic (exact) mass is 444 g/mol. The van der Waals surface area contributed by atoms with E-state index in [-0.39, 0.29) is 25.0 Å². The van der Waals surface area contributed by atoms with Crippen LogP contribution in [0.25, 0.3) is 0 Å². The topological polar surface area (TPSA) is 58.6 Å². The first-order valence-corrected chi connectivity index (χ1v) is 11.1. The number of carbonyl (C=O) groups excluding carboxylic acids is 2. The summed E-state index contributed by atoms with van der Waals surface area (Å²) in [6.07, 6.45) is 0.490. The van der Waals surface area contributed by atoms with Gasteiger partial charge in [0.25, 0.3) is 5.91 Å². The van der Waals surface area contributed by atoms with Gasteiger partial charge in [0, 0.05) is 18.1 Å². The van der Waals surface area contributed by atoms with Crippen molar-refractivity contribution in [3.05, 3.63) is 64.2 Å². The molecule has 2 aromatic carbocycles. The quantitative estimate of drug-likeness (QED) is 0.566. The maximum absolute atomic E-state index is 13.2. The van der Waals surface area contributed by atoms with E-state index in [4.69, 9.17) is 16.3 Å². The SMILES string of the molecule is CC[C@@H](C(=O)NCC(C)C)N(Cc1ccccc1Cl)C(=O)COc1ccc(C)cc1C. The first-order chi connectivity index (χ1) is 14.7. The van der Waals surface area contributed by atoms with Gasteiger partial charge < -0.3 is 15.0 Å². The first kappa shape index (κ1) is 24.7. The molecule has 1 N–H and O–H groups in total. The summed E-state index contributed by atoms with van der Waals surface area (Å²) < 4.78 is 5.82. The predicted octanol–water partition coefficient (Wildman–Crippen LogP) is 4.92. The molecule has 0 aliphatic rings. The van der Waals surface area contributed by atoms with Crippen LogP contribution in [-0.4, -0.2) is 35.9 Å². The van der Waals surface area contributed by atoms with E-state index in [1.165, 1.54) is 0 Å². The number of hydrogen-bond acceptors (Lipinski definition) is 3. The van der Waals surface area contributed by atoms with Crippen molar-refractivity contribution in [1.82, 2.24) is 10.2 Å². The molecule has 0 heterocycles. The van der Waals surface area contributed by atoms with Crippen molar-refractivity contribution < 1.29 is 14.3 Å². The van der Waals surface area contributed by atoms with Gasteiger partial charge in [-0.15, -0.1) is 0 Å². The predicted molar refractivity (Wildman–Crippen MR) is 125 cm³/mol. The van der Waals surface area contributed by atoms with Crippen LogP contribution < -0.4 is 10.1 Å². The smallest absolute Gasteiger partial charge is 0.261 e. The Morgan fingerprint density at radius 2 is 1.84 bits per heavy atom. The molecule has 0 bridgehead atoms. The third kappa shape index (κ3) is 7.28. The largest absolute Gasteiger partial charge is 0.483 e. The van der Waals surface area contributed by atoms with Crippen LogP contribution in [0.5, 0.6) is 5.75 Å². The van der Waals surface area contributed by atoms with Gasteiger partial charge in [0.05, 0.1) is 0 Å². The number of hydrogen-bond donors (Lipinski definition) is 1. The summed E-state index contributed by atoms with van der Waals surface area (Å²) in [6.45, 7) is 10.6. The molecule has 31 heavy (non-hydrogen) atoms. The lowest BCUT2D eigenvalue weighted by Crippen LogP contribution is -2.50. The van der Waals surface area contributed by atoms with Gasteiger partial charge in [-0.1, -0.05) is 68.3 Å². The summed E-state index contributed by atoms with van der Waals surface area (Å²) in [4.78, 5) is 27.7. The van der Waals surface area contributed by atoms with Crippen molar-refractivity contribution in [1.29, 1.82) is 0 Å². The Morgan fingerprint density at radius 3 is 2.45 bits per heavy atom. The van der Waals surface area contributed by atoms with Crippen LogP contribution in [0.4, 0.5) is 0 Å². The number of halogens is 1. The fourth-order valence-corrected chi connectivity index (χ4v) is 3.53. The summed E-state index contributed by atoms with van der Waals surface area (Å²) in [6, 6.07) is 12.6. The van der Waals surface area contributed by atoms with Crippen LogP contribution in [0.15, 0.2) is 42.5 Å². The molecule has 0 saturated carbocycles. The highest BCUT2D eigenvalue weighted by Gasteiger charge is 2.29. The lowest BCUT2D eigenvalue weighted by molar-refractivity contribution is -0.143. The van der Waals surface area contributed by atoms with E-state index < -0.39 is 6.04 Å². The standard InChI is InChI=1S/C25H33ClN2O3/c1-6-22(25(30)27-14-17(2)3)28(15-20-9-7-8-10-21(20)26)24(29)16-31-23-12-11-18(4)13-19(23)5/h7-13,17,22H,6,14-16H2,1-5H3,(H,27,30)/t22-/m0/s1. The number of benzene rings is 2. The minimum Gasteiger partial charge on any atom is -0.483 e. The van der Waals surface area contributed by atoms with Gasteiger partial charge in [0.15, 0.2) is 6.61 Å². The molecule has 0 fully saturated rings. The molecule has 2 rings (SSSR count). The normalized spacial score (nSPS) is 11.8. The fraction of sp³-hybridized carbons (Fsp3) is 0.440. The van der Waals surface area contributed by atoms with Crippen LogP contribution in [0.3, 0.4) is 0 Å². The number of carbonyl (C=O) groups is 2. The third-order valence-electron chi connectivity index (χ3n) is 5.05. The zero-order valence-electron chi connectivity index (χ0n) is 19.1. The summed E-state index contributed by atoms with van der Waals surface area (Å²) >= 11 is 6.34. The Labute approximate surface area is 190 Å². The van der Waals surface area contributed by atoms with Crippen LogP contribution in [-0.2, 0) is 16.1 Å². The molecule has 2 amide bonds. The number of nitrogens with zero attached hydrogens (tertiary/aromatic N) is 1. The van der Waals surface area contributed by atoms with E-state index in [1.54, 1.807) is 11.0 Å². The Bertz CT molecular complexity index is 898.